The van der Waals surface area contributed by atoms with Crippen LogP contribution in [-0.4, -0.2) is 33.4 Å². The lowest BCUT2D eigenvalue weighted by Gasteiger charge is -2.25. The van der Waals surface area contributed by atoms with E-state index in [0.717, 1.165) is 12.7 Å². The van der Waals surface area contributed by atoms with Crippen molar-refractivity contribution in [2.24, 2.45) is 0 Å². The molecule has 1 atom stereocenters. The summed E-state index contributed by atoms with van der Waals surface area (Å²) in [5.74, 6) is 0. The Morgan fingerprint density at radius 3 is 2.65 bits per heavy atom. The van der Waals surface area contributed by atoms with E-state index in [1.165, 1.54) is 17.2 Å². The van der Waals surface area contributed by atoms with Crippen LogP contribution in [0.4, 0.5) is 10.5 Å². The molecule has 0 saturated heterocycles. The first-order valence-corrected chi connectivity index (χ1v) is 10.3. The van der Waals surface area contributed by atoms with Gasteiger partial charge in [-0.15, -0.1) is 0 Å². The molecular formula is C19H22N2O4S. The van der Waals surface area contributed by atoms with Crippen molar-refractivity contribution >= 4 is 21.6 Å². The van der Waals surface area contributed by atoms with Gasteiger partial charge in [0.25, 0.3) is 0 Å². The normalized spacial score (nSPS) is 16.6. The summed E-state index contributed by atoms with van der Waals surface area (Å²) in [5.41, 5.74) is 3.50. The van der Waals surface area contributed by atoms with Gasteiger partial charge < -0.3 is 15.4 Å². The molecule has 0 unspecified atom stereocenters. The molecule has 1 aliphatic heterocycles. The lowest BCUT2D eigenvalue weighted by Crippen LogP contribution is -2.38. The Morgan fingerprint density at radius 2 is 1.92 bits per heavy atom. The summed E-state index contributed by atoms with van der Waals surface area (Å²) < 4.78 is 29.3. The summed E-state index contributed by atoms with van der Waals surface area (Å²) in [7, 11) is -3.34. The Hall–Kier alpha value is -2.38. The van der Waals surface area contributed by atoms with Gasteiger partial charge in [-0.1, -0.05) is 30.3 Å². The van der Waals surface area contributed by atoms with Crippen molar-refractivity contribution in [1.29, 1.82) is 0 Å². The molecule has 26 heavy (non-hydrogen) atoms. The maximum Gasteiger partial charge on any atom is 0.319 e. The van der Waals surface area contributed by atoms with Gasteiger partial charge >= 0.3 is 6.03 Å². The van der Waals surface area contributed by atoms with Gasteiger partial charge in [-0.2, -0.15) is 0 Å². The van der Waals surface area contributed by atoms with Gasteiger partial charge in [-0.05, 0) is 35.7 Å². The molecule has 0 spiro atoms. The Morgan fingerprint density at radius 1 is 1.19 bits per heavy atom. The minimum atomic E-state index is -3.34. The molecule has 1 aliphatic rings. The third-order valence-corrected chi connectivity index (χ3v) is 5.62. The minimum absolute atomic E-state index is 0.0831. The zero-order chi connectivity index (χ0) is 18.7. The van der Waals surface area contributed by atoms with Crippen LogP contribution in [0.1, 0.15) is 16.7 Å². The van der Waals surface area contributed by atoms with E-state index in [1.54, 1.807) is 19.1 Å². The molecule has 7 heteroatoms. The lowest BCUT2D eigenvalue weighted by molar-refractivity contribution is 0.0308. The highest BCUT2D eigenvalue weighted by Crippen LogP contribution is 2.21. The van der Waals surface area contributed by atoms with Crippen LogP contribution >= 0.6 is 0 Å². The van der Waals surface area contributed by atoms with Gasteiger partial charge in [0.1, 0.15) is 0 Å². The maximum absolute atomic E-state index is 12.1. The van der Waals surface area contributed by atoms with Crippen LogP contribution in [-0.2, 0) is 27.6 Å². The Balaban J connectivity index is 1.57. The molecule has 2 N–H and O–H groups in total. The Kier molecular flexibility index (Phi) is 5.29. The lowest BCUT2D eigenvalue weighted by atomic mass is 9.99. The van der Waals surface area contributed by atoms with Gasteiger partial charge in [0.2, 0.25) is 0 Å². The predicted molar refractivity (Wildman–Crippen MR) is 100 cm³/mol. The molecule has 0 radical (unpaired) electrons. The van der Waals surface area contributed by atoms with Crippen molar-refractivity contribution in [1.82, 2.24) is 5.32 Å². The van der Waals surface area contributed by atoms with Crippen molar-refractivity contribution in [2.75, 3.05) is 18.1 Å². The van der Waals surface area contributed by atoms with Crippen molar-refractivity contribution in [3.8, 4) is 0 Å². The molecule has 138 valence electrons. The smallest absolute Gasteiger partial charge is 0.319 e. The molecule has 3 rings (SSSR count). The number of aryl methyl sites for hydroxylation is 1. The Bertz CT molecular complexity index is 925. The monoisotopic (exact) mass is 374 g/mol. The van der Waals surface area contributed by atoms with E-state index in [9.17, 15) is 13.2 Å². The average Bonchev–Trinajstić information content (AvgIpc) is 2.60. The predicted octanol–water partition coefficient (Wildman–Crippen LogP) is 2.66. The van der Waals surface area contributed by atoms with Crippen LogP contribution in [0.2, 0.25) is 0 Å². The van der Waals surface area contributed by atoms with Crippen molar-refractivity contribution in [2.45, 2.75) is 31.0 Å². The topological polar surface area (TPSA) is 84.5 Å². The number of ether oxygens (including phenoxy) is 1. The molecule has 0 aromatic heterocycles. The summed E-state index contributed by atoms with van der Waals surface area (Å²) >= 11 is 0. The van der Waals surface area contributed by atoms with Crippen molar-refractivity contribution < 1.29 is 17.9 Å². The summed E-state index contributed by atoms with van der Waals surface area (Å²) in [6, 6.07) is 12.5. The van der Waals surface area contributed by atoms with E-state index in [2.05, 4.69) is 16.7 Å². The van der Waals surface area contributed by atoms with E-state index in [1.807, 2.05) is 18.2 Å². The second-order valence-electron chi connectivity index (χ2n) is 6.49. The summed E-state index contributed by atoms with van der Waals surface area (Å²) in [4.78, 5) is 12.3. The molecular weight excluding hydrogens is 352 g/mol. The molecule has 6 nitrogen and oxygen atoms in total. The molecule has 2 amide bonds. The number of hydrogen-bond donors (Lipinski definition) is 2. The molecule has 1 heterocycles. The number of fused-ring (bicyclic) bond motifs is 1. The van der Waals surface area contributed by atoms with Gasteiger partial charge in [0.15, 0.2) is 9.84 Å². The van der Waals surface area contributed by atoms with Crippen LogP contribution < -0.4 is 10.6 Å². The number of benzene rings is 2. The second-order valence-corrected chi connectivity index (χ2v) is 8.48. The first-order chi connectivity index (χ1) is 12.3. The number of urea groups is 1. The van der Waals surface area contributed by atoms with E-state index >= 15 is 0 Å². The highest BCUT2D eigenvalue weighted by molar-refractivity contribution is 7.90. The van der Waals surface area contributed by atoms with Crippen LogP contribution in [0.5, 0.6) is 0 Å². The molecule has 0 aliphatic carbocycles. The van der Waals surface area contributed by atoms with Crippen molar-refractivity contribution in [3.63, 3.8) is 0 Å². The second kappa shape index (κ2) is 7.47. The molecule has 0 bridgehead atoms. The largest absolute Gasteiger partial charge is 0.371 e. The standard InChI is InChI=1S/C19H22N2O4S/c1-13-7-8-16(10-18(13)26(2,23)24)21-19(22)20-11-17-9-14-5-3-4-6-15(14)12-25-17/h3-8,10,17H,9,11-12H2,1-2H3,(H2,20,21,22)/t17-/m0/s1. The SMILES string of the molecule is Cc1ccc(NC(=O)NC[C@@H]2Cc3ccccc3CO2)cc1S(C)(=O)=O. The van der Waals surface area contributed by atoms with Crippen molar-refractivity contribution in [3.05, 3.63) is 59.2 Å². The molecule has 2 aromatic rings. The number of rotatable bonds is 4. The molecule has 2 aromatic carbocycles. The van der Waals surface area contributed by atoms with E-state index in [-0.39, 0.29) is 11.0 Å². The van der Waals surface area contributed by atoms with Gasteiger partial charge in [0, 0.05) is 24.9 Å². The molecule has 0 fully saturated rings. The minimum Gasteiger partial charge on any atom is -0.371 e. The van der Waals surface area contributed by atoms with Crippen LogP contribution in [0.3, 0.4) is 0 Å². The van der Waals surface area contributed by atoms with E-state index in [0.29, 0.717) is 24.4 Å². The van der Waals surface area contributed by atoms with Gasteiger partial charge in [-0.3, -0.25) is 0 Å². The summed E-state index contributed by atoms with van der Waals surface area (Å²) in [5, 5.41) is 5.45. The highest BCUT2D eigenvalue weighted by atomic mass is 32.2. The zero-order valence-corrected chi connectivity index (χ0v) is 15.6. The zero-order valence-electron chi connectivity index (χ0n) is 14.8. The Labute approximate surface area is 153 Å². The van der Waals surface area contributed by atoms with Crippen LogP contribution in [0.25, 0.3) is 0 Å². The van der Waals surface area contributed by atoms with Crippen LogP contribution in [0, 0.1) is 6.92 Å². The van der Waals surface area contributed by atoms with Gasteiger partial charge in [0.05, 0.1) is 17.6 Å². The number of amides is 2. The van der Waals surface area contributed by atoms with Crippen LogP contribution in [0.15, 0.2) is 47.4 Å². The number of hydrogen-bond acceptors (Lipinski definition) is 4. The van der Waals surface area contributed by atoms with Gasteiger partial charge in [-0.25, -0.2) is 13.2 Å². The first-order valence-electron chi connectivity index (χ1n) is 8.37. The third-order valence-electron chi connectivity index (χ3n) is 4.38. The fourth-order valence-corrected chi connectivity index (χ4v) is 3.99. The quantitative estimate of drug-likeness (QED) is 0.862. The number of carbonyl (C=O) groups excluding carboxylic acids is 1. The number of sulfone groups is 1. The summed E-state index contributed by atoms with van der Waals surface area (Å²) in [6.45, 7) is 2.64. The average molecular weight is 374 g/mol. The summed E-state index contributed by atoms with van der Waals surface area (Å²) in [6.07, 6.45) is 1.82. The fraction of sp³-hybridized carbons (Fsp3) is 0.316. The van der Waals surface area contributed by atoms with E-state index in [4.69, 9.17) is 4.74 Å². The maximum atomic E-state index is 12.1. The first kappa shape index (κ1) is 18.4. The fourth-order valence-electron chi connectivity index (χ4n) is 3.00. The van der Waals surface area contributed by atoms with E-state index < -0.39 is 15.9 Å². The number of carbonyl (C=O) groups is 1. The number of nitrogens with one attached hydrogen (secondary N) is 2. The third kappa shape index (κ3) is 4.42. The molecule has 0 saturated carbocycles. The highest BCUT2D eigenvalue weighted by Gasteiger charge is 2.19. The number of anilines is 1.